The summed E-state index contributed by atoms with van der Waals surface area (Å²) in [5.41, 5.74) is 0.377. The summed E-state index contributed by atoms with van der Waals surface area (Å²) in [6, 6.07) is 7.14. The topological polar surface area (TPSA) is 56.0 Å². The number of rotatable bonds is 5. The van der Waals surface area contributed by atoms with Crippen LogP contribution in [0.15, 0.2) is 18.2 Å². The van der Waals surface area contributed by atoms with Crippen molar-refractivity contribution in [1.82, 2.24) is 0 Å². The van der Waals surface area contributed by atoms with E-state index in [0.717, 1.165) is 0 Å². The van der Waals surface area contributed by atoms with Crippen LogP contribution in [0, 0.1) is 11.3 Å². The van der Waals surface area contributed by atoms with Crippen molar-refractivity contribution in [3.63, 3.8) is 0 Å². The molecule has 0 unspecified atom stereocenters. The molecule has 0 fully saturated rings. The van der Waals surface area contributed by atoms with Crippen LogP contribution in [0.5, 0.6) is 0 Å². The van der Waals surface area contributed by atoms with Gasteiger partial charge in [0, 0.05) is 17.3 Å². The Bertz CT molecular complexity index is 429. The maximum atomic E-state index is 10.0. The summed E-state index contributed by atoms with van der Waals surface area (Å²) in [5.74, 6) is 0.634. The van der Waals surface area contributed by atoms with E-state index in [1.54, 1.807) is 36.9 Å². The molecule has 0 radical (unpaired) electrons. The van der Waals surface area contributed by atoms with E-state index in [2.05, 4.69) is 11.4 Å². The minimum absolute atomic E-state index is 0.393. The van der Waals surface area contributed by atoms with Crippen LogP contribution < -0.4 is 5.32 Å². The molecular formula is C12H15ClN2OS. The molecule has 92 valence electrons. The third-order valence-electron chi connectivity index (χ3n) is 2.22. The molecule has 0 spiro atoms. The average molecular weight is 271 g/mol. The molecule has 2 N–H and O–H groups in total. The largest absolute Gasteiger partial charge is 0.387 e. The fraction of sp³-hybridized carbons (Fsp3) is 0.417. The van der Waals surface area contributed by atoms with Gasteiger partial charge in [-0.1, -0.05) is 11.6 Å². The standard InChI is InChI=1S/C12H15ClN2OS/c1-12(16,8-17-2)7-15-11-4-3-10(13)5-9(11)6-14/h3-5,15-16H,7-8H2,1-2H3/t12-/m0/s1. The zero-order chi connectivity index (χ0) is 12.9. The Morgan fingerprint density at radius 3 is 2.88 bits per heavy atom. The van der Waals surface area contributed by atoms with Gasteiger partial charge in [-0.2, -0.15) is 17.0 Å². The normalized spacial score (nSPS) is 13.8. The van der Waals surface area contributed by atoms with E-state index < -0.39 is 5.60 Å². The molecule has 5 heteroatoms. The lowest BCUT2D eigenvalue weighted by Gasteiger charge is -2.23. The van der Waals surface area contributed by atoms with Crippen LogP contribution in [0.3, 0.4) is 0 Å². The summed E-state index contributed by atoms with van der Waals surface area (Å²) in [6.45, 7) is 2.16. The first-order valence-corrected chi connectivity index (χ1v) is 6.90. The summed E-state index contributed by atoms with van der Waals surface area (Å²) in [7, 11) is 0. The molecule has 0 bridgehead atoms. The Hall–Kier alpha value is -0.890. The summed E-state index contributed by atoms with van der Waals surface area (Å²) in [6.07, 6.45) is 1.94. The van der Waals surface area contributed by atoms with Crippen molar-refractivity contribution < 1.29 is 5.11 Å². The number of halogens is 1. The molecular weight excluding hydrogens is 256 g/mol. The van der Waals surface area contributed by atoms with Gasteiger partial charge in [0.25, 0.3) is 0 Å². The number of hydrogen-bond donors (Lipinski definition) is 2. The highest BCUT2D eigenvalue weighted by Gasteiger charge is 2.19. The Balaban J connectivity index is 2.73. The lowest BCUT2D eigenvalue weighted by Crippen LogP contribution is -2.36. The van der Waals surface area contributed by atoms with E-state index in [4.69, 9.17) is 16.9 Å². The molecule has 0 aromatic heterocycles. The highest BCUT2D eigenvalue weighted by atomic mass is 35.5. The second-order valence-electron chi connectivity index (χ2n) is 4.09. The summed E-state index contributed by atoms with van der Waals surface area (Å²) in [5, 5.41) is 22.6. The maximum absolute atomic E-state index is 10.0. The van der Waals surface area contributed by atoms with Crippen molar-refractivity contribution in [3.05, 3.63) is 28.8 Å². The van der Waals surface area contributed by atoms with Crippen LogP contribution in [0.1, 0.15) is 12.5 Å². The fourth-order valence-electron chi connectivity index (χ4n) is 1.41. The van der Waals surface area contributed by atoms with Crippen LogP contribution in [-0.2, 0) is 0 Å². The second kappa shape index (κ2) is 6.15. The molecule has 17 heavy (non-hydrogen) atoms. The van der Waals surface area contributed by atoms with E-state index in [0.29, 0.717) is 28.6 Å². The molecule has 3 nitrogen and oxygen atoms in total. The Morgan fingerprint density at radius 2 is 2.29 bits per heavy atom. The monoisotopic (exact) mass is 270 g/mol. The molecule has 0 saturated carbocycles. The van der Waals surface area contributed by atoms with Crippen molar-refractivity contribution >= 4 is 29.1 Å². The van der Waals surface area contributed by atoms with Gasteiger partial charge in [-0.15, -0.1) is 0 Å². The van der Waals surface area contributed by atoms with Gasteiger partial charge in [0.15, 0.2) is 0 Å². The number of anilines is 1. The number of nitriles is 1. The lowest BCUT2D eigenvalue weighted by atomic mass is 10.1. The summed E-state index contributed by atoms with van der Waals surface area (Å²) in [4.78, 5) is 0. The molecule has 0 aliphatic heterocycles. The van der Waals surface area contributed by atoms with Gasteiger partial charge in [0.1, 0.15) is 6.07 Å². The SMILES string of the molecule is CSC[C@@](C)(O)CNc1ccc(Cl)cc1C#N. The van der Waals surface area contributed by atoms with Gasteiger partial charge in [0.05, 0.1) is 16.9 Å². The van der Waals surface area contributed by atoms with E-state index in [-0.39, 0.29) is 0 Å². The first-order valence-electron chi connectivity index (χ1n) is 5.13. The van der Waals surface area contributed by atoms with Gasteiger partial charge in [-0.05, 0) is 31.4 Å². The van der Waals surface area contributed by atoms with Crippen LogP contribution in [0.25, 0.3) is 0 Å². The fourth-order valence-corrected chi connectivity index (χ4v) is 2.31. The van der Waals surface area contributed by atoms with Crippen molar-refractivity contribution in [2.75, 3.05) is 23.9 Å². The molecule has 1 rings (SSSR count). The van der Waals surface area contributed by atoms with Gasteiger partial charge in [0.2, 0.25) is 0 Å². The molecule has 0 amide bonds. The number of thioether (sulfide) groups is 1. The maximum Gasteiger partial charge on any atom is 0.101 e. The predicted molar refractivity (Wildman–Crippen MR) is 73.7 cm³/mol. The second-order valence-corrected chi connectivity index (χ2v) is 5.39. The minimum atomic E-state index is -0.800. The van der Waals surface area contributed by atoms with E-state index in [1.165, 1.54) is 0 Å². The first kappa shape index (κ1) is 14.2. The zero-order valence-corrected chi connectivity index (χ0v) is 11.4. The van der Waals surface area contributed by atoms with Crippen molar-refractivity contribution in [3.8, 4) is 6.07 Å². The van der Waals surface area contributed by atoms with Crippen LogP contribution in [0.4, 0.5) is 5.69 Å². The van der Waals surface area contributed by atoms with Gasteiger partial charge in [-0.3, -0.25) is 0 Å². The number of nitrogens with one attached hydrogen (secondary N) is 1. The van der Waals surface area contributed by atoms with Gasteiger partial charge < -0.3 is 10.4 Å². The van der Waals surface area contributed by atoms with Gasteiger partial charge >= 0.3 is 0 Å². The molecule has 1 atom stereocenters. The Labute approximate surface area is 111 Å². The molecule has 1 aromatic rings. The highest BCUT2D eigenvalue weighted by Crippen LogP contribution is 2.21. The van der Waals surface area contributed by atoms with E-state index in [1.807, 2.05) is 6.26 Å². The third-order valence-corrected chi connectivity index (χ3v) is 3.36. The number of aliphatic hydroxyl groups is 1. The van der Waals surface area contributed by atoms with E-state index >= 15 is 0 Å². The van der Waals surface area contributed by atoms with Crippen LogP contribution in [-0.4, -0.2) is 29.3 Å². The summed E-state index contributed by atoms with van der Waals surface area (Å²) < 4.78 is 0. The molecule has 0 heterocycles. The lowest BCUT2D eigenvalue weighted by molar-refractivity contribution is 0.0997. The average Bonchev–Trinajstić information content (AvgIpc) is 2.27. The quantitative estimate of drug-likeness (QED) is 0.864. The van der Waals surface area contributed by atoms with Crippen molar-refractivity contribution in [2.24, 2.45) is 0 Å². The number of nitrogens with zero attached hydrogens (tertiary/aromatic N) is 1. The number of hydrogen-bond acceptors (Lipinski definition) is 4. The van der Waals surface area contributed by atoms with Gasteiger partial charge in [-0.25, -0.2) is 0 Å². The Kier molecular flexibility index (Phi) is 5.13. The van der Waals surface area contributed by atoms with Crippen molar-refractivity contribution in [1.29, 1.82) is 5.26 Å². The highest BCUT2D eigenvalue weighted by molar-refractivity contribution is 7.98. The number of benzene rings is 1. The van der Waals surface area contributed by atoms with Crippen molar-refractivity contribution in [2.45, 2.75) is 12.5 Å². The predicted octanol–water partition coefficient (Wildman–Crippen LogP) is 2.74. The smallest absolute Gasteiger partial charge is 0.101 e. The molecule has 0 aliphatic rings. The van der Waals surface area contributed by atoms with E-state index in [9.17, 15) is 5.11 Å². The molecule has 1 aromatic carbocycles. The summed E-state index contributed by atoms with van der Waals surface area (Å²) >= 11 is 7.38. The minimum Gasteiger partial charge on any atom is -0.387 e. The Morgan fingerprint density at radius 1 is 1.59 bits per heavy atom. The third kappa shape index (κ3) is 4.47. The zero-order valence-electron chi connectivity index (χ0n) is 9.83. The molecule has 0 saturated heterocycles. The van der Waals surface area contributed by atoms with Crippen LogP contribution >= 0.6 is 23.4 Å². The first-order chi connectivity index (χ1) is 7.98. The van der Waals surface area contributed by atoms with Crippen LogP contribution in [0.2, 0.25) is 5.02 Å². The molecule has 0 aliphatic carbocycles.